The highest BCUT2D eigenvalue weighted by molar-refractivity contribution is 5.78. The monoisotopic (exact) mass is 281 g/mol. The maximum atomic E-state index is 12.6. The van der Waals surface area contributed by atoms with Gasteiger partial charge in [0.25, 0.3) is 0 Å². The van der Waals surface area contributed by atoms with Gasteiger partial charge in [-0.2, -0.15) is 0 Å². The molecule has 0 spiro atoms. The minimum Gasteiger partial charge on any atom is -0.341 e. The molecule has 0 bridgehead atoms. The summed E-state index contributed by atoms with van der Waals surface area (Å²) in [7, 11) is 0. The maximum Gasteiger partial charge on any atom is 0.236 e. The molecule has 0 aromatic heterocycles. The van der Waals surface area contributed by atoms with Crippen LogP contribution in [0.25, 0.3) is 0 Å². The smallest absolute Gasteiger partial charge is 0.236 e. The molecule has 0 aromatic carbocycles. The lowest BCUT2D eigenvalue weighted by molar-refractivity contribution is -0.136. The van der Waals surface area contributed by atoms with E-state index in [0.717, 1.165) is 32.6 Å². The van der Waals surface area contributed by atoms with Gasteiger partial charge in [-0.15, -0.1) is 0 Å². The molecule has 20 heavy (non-hydrogen) atoms. The number of hydrogen-bond acceptors (Lipinski definition) is 3. The van der Waals surface area contributed by atoms with Gasteiger partial charge >= 0.3 is 0 Å². The first-order valence-electron chi connectivity index (χ1n) is 8.32. The zero-order valence-electron chi connectivity index (χ0n) is 13.2. The highest BCUT2D eigenvalue weighted by Gasteiger charge is 2.29. The van der Waals surface area contributed by atoms with Crippen LogP contribution >= 0.6 is 0 Å². The quantitative estimate of drug-likeness (QED) is 0.853. The Bertz CT molecular complexity index is 309. The zero-order chi connectivity index (χ0) is 14.5. The normalized spacial score (nSPS) is 32.4. The number of rotatable bonds is 4. The van der Waals surface area contributed by atoms with Gasteiger partial charge in [0.1, 0.15) is 0 Å². The minimum absolute atomic E-state index is 0.326. The van der Waals surface area contributed by atoms with E-state index in [2.05, 4.69) is 23.6 Å². The predicted molar refractivity (Wildman–Crippen MR) is 82.4 cm³/mol. The van der Waals surface area contributed by atoms with Crippen LogP contribution in [0.5, 0.6) is 0 Å². The van der Waals surface area contributed by atoms with Crippen LogP contribution in [0.15, 0.2) is 0 Å². The van der Waals surface area contributed by atoms with Gasteiger partial charge in [-0.1, -0.05) is 20.3 Å². The van der Waals surface area contributed by atoms with Gasteiger partial charge in [0.05, 0.1) is 6.54 Å². The number of carbonyl (C=O) groups excluding carboxylic acids is 1. The Morgan fingerprint density at radius 1 is 1.20 bits per heavy atom. The molecule has 2 heterocycles. The zero-order valence-corrected chi connectivity index (χ0v) is 13.2. The molecule has 0 radical (unpaired) electrons. The molecule has 2 aliphatic rings. The molecule has 3 atom stereocenters. The Kier molecular flexibility index (Phi) is 5.85. The molecular formula is C16H31N3O. The molecule has 3 unspecified atom stereocenters. The fraction of sp³-hybridized carbons (Fsp3) is 0.938. The largest absolute Gasteiger partial charge is 0.341 e. The van der Waals surface area contributed by atoms with E-state index >= 15 is 0 Å². The molecule has 0 aromatic rings. The van der Waals surface area contributed by atoms with Crippen molar-refractivity contribution in [3.8, 4) is 0 Å². The molecule has 2 fully saturated rings. The van der Waals surface area contributed by atoms with E-state index in [4.69, 9.17) is 5.73 Å². The van der Waals surface area contributed by atoms with Crippen LogP contribution in [0.4, 0.5) is 0 Å². The fourth-order valence-electron chi connectivity index (χ4n) is 3.93. The second-order valence-corrected chi connectivity index (χ2v) is 6.94. The molecule has 2 N–H and O–H groups in total. The molecule has 2 aliphatic heterocycles. The number of nitrogens with two attached hydrogens (primary N) is 1. The molecular weight excluding hydrogens is 250 g/mol. The van der Waals surface area contributed by atoms with Crippen LogP contribution in [-0.2, 0) is 4.79 Å². The first-order valence-corrected chi connectivity index (χ1v) is 8.32. The van der Waals surface area contributed by atoms with Gasteiger partial charge in [-0.3, -0.25) is 9.69 Å². The van der Waals surface area contributed by atoms with E-state index in [9.17, 15) is 4.79 Å². The summed E-state index contributed by atoms with van der Waals surface area (Å²) in [4.78, 5) is 17.0. The Morgan fingerprint density at radius 2 is 1.90 bits per heavy atom. The van der Waals surface area contributed by atoms with Crippen LogP contribution in [0.2, 0.25) is 0 Å². The van der Waals surface area contributed by atoms with Crippen molar-refractivity contribution in [3.63, 3.8) is 0 Å². The van der Waals surface area contributed by atoms with Crippen LogP contribution in [0.1, 0.15) is 46.0 Å². The number of likely N-dealkylation sites (tertiary alicyclic amines) is 2. The third kappa shape index (κ3) is 4.19. The number of piperidine rings is 2. The molecule has 0 aliphatic carbocycles. The summed E-state index contributed by atoms with van der Waals surface area (Å²) in [5, 5.41) is 0. The maximum absolute atomic E-state index is 12.6. The lowest BCUT2D eigenvalue weighted by Gasteiger charge is -2.39. The first kappa shape index (κ1) is 15.8. The average Bonchev–Trinajstić information content (AvgIpc) is 2.40. The van der Waals surface area contributed by atoms with Crippen molar-refractivity contribution >= 4 is 5.91 Å². The summed E-state index contributed by atoms with van der Waals surface area (Å²) < 4.78 is 0. The molecule has 116 valence electrons. The van der Waals surface area contributed by atoms with E-state index in [1.54, 1.807) is 0 Å². The summed E-state index contributed by atoms with van der Waals surface area (Å²) in [6.07, 6.45) is 6.00. The van der Waals surface area contributed by atoms with Gasteiger partial charge in [0, 0.05) is 19.1 Å². The molecule has 4 nitrogen and oxygen atoms in total. The SMILES string of the molecule is CC1CC(C)CN(C(=O)CN2CCCCC2CCN)C1. The van der Waals surface area contributed by atoms with Crippen LogP contribution in [0.3, 0.4) is 0 Å². The third-order valence-electron chi connectivity index (χ3n) is 4.81. The van der Waals surface area contributed by atoms with Crippen molar-refractivity contribution in [3.05, 3.63) is 0 Å². The van der Waals surface area contributed by atoms with Gasteiger partial charge in [0.15, 0.2) is 0 Å². The summed E-state index contributed by atoms with van der Waals surface area (Å²) in [6, 6.07) is 0.525. The standard InChI is InChI=1S/C16H31N3O/c1-13-9-14(2)11-19(10-13)16(20)12-18-8-4-3-5-15(18)6-7-17/h13-15H,3-12,17H2,1-2H3. The van der Waals surface area contributed by atoms with Crippen molar-refractivity contribution in [2.75, 3.05) is 32.7 Å². The summed E-state index contributed by atoms with van der Waals surface area (Å²) >= 11 is 0. The van der Waals surface area contributed by atoms with E-state index in [-0.39, 0.29) is 0 Å². The van der Waals surface area contributed by atoms with E-state index in [1.165, 1.54) is 25.7 Å². The lowest BCUT2D eigenvalue weighted by Crippen LogP contribution is -2.50. The third-order valence-corrected chi connectivity index (χ3v) is 4.81. The van der Waals surface area contributed by atoms with Gasteiger partial charge < -0.3 is 10.6 Å². The Labute approximate surface area is 123 Å². The van der Waals surface area contributed by atoms with Crippen LogP contribution in [0, 0.1) is 11.8 Å². The summed E-state index contributed by atoms with van der Waals surface area (Å²) in [6.45, 7) is 8.80. The van der Waals surface area contributed by atoms with Gasteiger partial charge in [-0.25, -0.2) is 0 Å². The number of carbonyl (C=O) groups is 1. The van der Waals surface area contributed by atoms with Crippen LogP contribution in [-0.4, -0.2) is 54.5 Å². The topological polar surface area (TPSA) is 49.6 Å². The minimum atomic E-state index is 0.326. The van der Waals surface area contributed by atoms with E-state index < -0.39 is 0 Å². The Morgan fingerprint density at radius 3 is 2.55 bits per heavy atom. The molecule has 2 saturated heterocycles. The molecule has 0 saturated carbocycles. The van der Waals surface area contributed by atoms with Gasteiger partial charge in [0.2, 0.25) is 5.91 Å². The second-order valence-electron chi connectivity index (χ2n) is 6.94. The summed E-state index contributed by atoms with van der Waals surface area (Å²) in [5.41, 5.74) is 5.71. The highest BCUT2D eigenvalue weighted by Crippen LogP contribution is 2.23. The second kappa shape index (κ2) is 7.41. The van der Waals surface area contributed by atoms with E-state index in [0.29, 0.717) is 30.3 Å². The Hall–Kier alpha value is -0.610. The lowest BCUT2D eigenvalue weighted by atomic mass is 9.92. The van der Waals surface area contributed by atoms with Crippen molar-refractivity contribution in [1.82, 2.24) is 9.80 Å². The summed E-state index contributed by atoms with van der Waals surface area (Å²) in [5.74, 6) is 1.61. The number of nitrogens with zero attached hydrogens (tertiary/aromatic N) is 2. The Balaban J connectivity index is 1.88. The highest BCUT2D eigenvalue weighted by atomic mass is 16.2. The van der Waals surface area contributed by atoms with Gasteiger partial charge in [-0.05, 0) is 50.6 Å². The molecule has 1 amide bonds. The molecule has 2 rings (SSSR count). The van der Waals surface area contributed by atoms with Crippen molar-refractivity contribution in [2.45, 2.75) is 52.0 Å². The van der Waals surface area contributed by atoms with Crippen LogP contribution < -0.4 is 5.73 Å². The fourth-order valence-corrected chi connectivity index (χ4v) is 3.93. The average molecular weight is 281 g/mol. The van der Waals surface area contributed by atoms with Crippen molar-refractivity contribution in [1.29, 1.82) is 0 Å². The predicted octanol–water partition coefficient (Wildman–Crippen LogP) is 1.69. The molecule has 4 heteroatoms. The number of amides is 1. The van der Waals surface area contributed by atoms with Crippen molar-refractivity contribution in [2.24, 2.45) is 17.6 Å². The van der Waals surface area contributed by atoms with Crippen molar-refractivity contribution < 1.29 is 4.79 Å². The van der Waals surface area contributed by atoms with E-state index in [1.807, 2.05) is 0 Å². The number of hydrogen-bond donors (Lipinski definition) is 1. The first-order chi connectivity index (χ1) is 9.60.